The summed E-state index contributed by atoms with van der Waals surface area (Å²) in [6, 6.07) is 52.1. The molecule has 75 heavy (non-hydrogen) atoms. The fourth-order valence-electron chi connectivity index (χ4n) is 10.8. The third-order valence-corrected chi connectivity index (χ3v) is 13.9. The molecule has 0 amide bonds. The maximum Gasteiger partial charge on any atom is 0.147 e. The minimum Gasteiger partial charge on any atom is -0.505 e. The zero-order chi connectivity index (χ0) is 52.7. The molecule has 0 spiro atoms. The van der Waals surface area contributed by atoms with Gasteiger partial charge in [0.1, 0.15) is 46.3 Å². The van der Waals surface area contributed by atoms with E-state index in [1.807, 2.05) is 158 Å². The SMILES string of the molecule is Cc1c(-c2ccccc2)c(-c2ccccc2)c(C)n1-c1cc(F)cc(-c2cc(F)ccc2O[C@H](C)C[C@H](C)Oc2ccc(F)cc2-c2cc(F)cc(-n3c(C)c(-c4ccccc4)c(-c4ccccc4)c3C)c2O)c1O. The lowest BCUT2D eigenvalue weighted by atomic mass is 9.95. The maximum absolute atomic E-state index is 16.0. The van der Waals surface area contributed by atoms with E-state index in [9.17, 15) is 10.2 Å². The summed E-state index contributed by atoms with van der Waals surface area (Å²) in [6.45, 7) is 11.3. The molecule has 0 aliphatic carbocycles. The van der Waals surface area contributed by atoms with Gasteiger partial charge < -0.3 is 28.8 Å². The van der Waals surface area contributed by atoms with Crippen LogP contribution in [0.5, 0.6) is 23.0 Å². The van der Waals surface area contributed by atoms with Gasteiger partial charge in [0.15, 0.2) is 0 Å². The van der Waals surface area contributed by atoms with Gasteiger partial charge in [-0.15, -0.1) is 0 Å². The number of benzene rings is 8. The Morgan fingerprint density at radius 3 is 0.947 bits per heavy atom. The molecule has 0 radical (unpaired) electrons. The molecule has 0 saturated carbocycles. The van der Waals surface area contributed by atoms with Crippen molar-refractivity contribution in [1.29, 1.82) is 0 Å². The van der Waals surface area contributed by atoms with E-state index in [2.05, 4.69) is 0 Å². The molecule has 2 aromatic heterocycles. The lowest BCUT2D eigenvalue weighted by Gasteiger charge is -2.24. The summed E-state index contributed by atoms with van der Waals surface area (Å²) in [5.41, 5.74) is 11.2. The van der Waals surface area contributed by atoms with Crippen molar-refractivity contribution in [1.82, 2.24) is 9.13 Å². The lowest BCUT2D eigenvalue weighted by molar-refractivity contribution is 0.131. The summed E-state index contributed by atoms with van der Waals surface area (Å²) in [7, 11) is 0. The lowest BCUT2D eigenvalue weighted by Crippen LogP contribution is -2.23. The largest absolute Gasteiger partial charge is 0.505 e. The average Bonchev–Trinajstić information content (AvgIpc) is 3.83. The Balaban J connectivity index is 0.958. The Hall–Kier alpha value is -8.76. The number of rotatable bonds is 14. The molecule has 2 heterocycles. The van der Waals surface area contributed by atoms with E-state index >= 15 is 17.6 Å². The Labute approximate surface area is 434 Å². The van der Waals surface area contributed by atoms with Gasteiger partial charge in [0.25, 0.3) is 0 Å². The molecule has 2 atom stereocenters. The third-order valence-electron chi connectivity index (χ3n) is 13.9. The molecule has 0 fully saturated rings. The minimum absolute atomic E-state index is 0.0223. The molecule has 0 aliphatic heterocycles. The van der Waals surface area contributed by atoms with E-state index in [4.69, 9.17) is 9.47 Å². The van der Waals surface area contributed by atoms with Crippen LogP contribution in [0.15, 0.2) is 182 Å². The van der Waals surface area contributed by atoms with Gasteiger partial charge in [-0.1, -0.05) is 121 Å². The molecule has 0 bridgehead atoms. The molecule has 8 aromatic carbocycles. The highest BCUT2D eigenvalue weighted by Crippen LogP contribution is 2.48. The van der Waals surface area contributed by atoms with Crippen LogP contribution in [0.1, 0.15) is 43.0 Å². The van der Waals surface area contributed by atoms with Crippen LogP contribution in [0, 0.1) is 51.0 Å². The van der Waals surface area contributed by atoms with Crippen molar-refractivity contribution in [2.24, 2.45) is 0 Å². The number of aromatic nitrogens is 2. The van der Waals surface area contributed by atoms with Crippen molar-refractivity contribution in [3.8, 4) is 101 Å². The van der Waals surface area contributed by atoms with Crippen molar-refractivity contribution in [3.63, 3.8) is 0 Å². The molecule has 0 unspecified atom stereocenters. The summed E-state index contributed by atoms with van der Waals surface area (Å²) in [4.78, 5) is 0. The van der Waals surface area contributed by atoms with E-state index in [1.54, 1.807) is 13.8 Å². The Morgan fingerprint density at radius 2 is 0.653 bits per heavy atom. The van der Waals surface area contributed by atoms with Crippen molar-refractivity contribution in [2.45, 2.75) is 60.2 Å². The summed E-state index contributed by atoms with van der Waals surface area (Å²) < 4.78 is 79.3. The van der Waals surface area contributed by atoms with E-state index < -0.39 is 35.5 Å². The molecule has 10 rings (SSSR count). The number of phenolic OH excluding ortho intramolecular Hbond substituents is 2. The molecule has 2 N–H and O–H groups in total. The molecule has 0 saturated heterocycles. The van der Waals surface area contributed by atoms with Crippen molar-refractivity contribution in [2.75, 3.05) is 0 Å². The number of hydrogen-bond acceptors (Lipinski definition) is 4. The first-order valence-electron chi connectivity index (χ1n) is 24.8. The number of hydrogen-bond donors (Lipinski definition) is 2. The second kappa shape index (κ2) is 20.6. The second-order valence-corrected chi connectivity index (χ2v) is 19.0. The molecule has 6 nitrogen and oxygen atoms in total. The highest BCUT2D eigenvalue weighted by molar-refractivity contribution is 5.91. The fourth-order valence-corrected chi connectivity index (χ4v) is 10.8. The minimum atomic E-state index is -0.655. The molecule has 0 aliphatic rings. The fraction of sp³-hybridized carbons (Fsp3) is 0.138. The smallest absolute Gasteiger partial charge is 0.147 e. The first-order valence-corrected chi connectivity index (χ1v) is 24.8. The zero-order valence-corrected chi connectivity index (χ0v) is 42.3. The van der Waals surface area contributed by atoms with Gasteiger partial charge in [-0.3, -0.25) is 0 Å². The second-order valence-electron chi connectivity index (χ2n) is 19.0. The maximum atomic E-state index is 16.0. The number of nitrogens with zero attached hydrogens (tertiary/aromatic N) is 2. The van der Waals surface area contributed by atoms with E-state index in [1.165, 1.54) is 48.5 Å². The van der Waals surface area contributed by atoms with Crippen LogP contribution in [-0.2, 0) is 0 Å². The Kier molecular flexibility index (Phi) is 13.7. The summed E-state index contributed by atoms with van der Waals surface area (Å²) in [6.07, 6.45) is -1.01. The topological polar surface area (TPSA) is 68.8 Å². The van der Waals surface area contributed by atoms with Gasteiger partial charge >= 0.3 is 0 Å². The van der Waals surface area contributed by atoms with Gasteiger partial charge in [0.2, 0.25) is 0 Å². The summed E-state index contributed by atoms with van der Waals surface area (Å²) in [5, 5.41) is 24.4. The molecular formula is C65H54F4N2O4. The molecule has 10 heteroatoms. The van der Waals surface area contributed by atoms with E-state index in [-0.39, 0.29) is 63.0 Å². The van der Waals surface area contributed by atoms with Gasteiger partial charge in [-0.25, -0.2) is 17.6 Å². The normalized spacial score (nSPS) is 12.2. The number of aromatic hydroxyl groups is 2. The van der Waals surface area contributed by atoms with Crippen LogP contribution in [0.4, 0.5) is 17.6 Å². The van der Waals surface area contributed by atoms with Crippen LogP contribution >= 0.6 is 0 Å². The monoisotopic (exact) mass is 1000 g/mol. The standard InChI is InChI=1S/C65H54F4N2O4/c1-38(74-58-29-27-48(66)32-52(58)54-34-50(68)36-56(64(54)72)70-40(3)60(44-19-11-7-12-20-44)61(41(70)4)45-21-13-8-14-22-45)31-39(2)75-59-30-28-49(67)33-53(59)55-35-51(69)37-57(65(55)73)71-42(5)62(46-23-15-9-16-24-46)63(43(71)6)47-25-17-10-18-26-47/h7-30,32-39,72-73H,31H2,1-6H3/t38-,39+. The van der Waals surface area contributed by atoms with Gasteiger partial charge in [-0.05, 0) is 112 Å². The Morgan fingerprint density at radius 1 is 0.373 bits per heavy atom. The first kappa shape index (κ1) is 49.8. The summed E-state index contributed by atoms with van der Waals surface area (Å²) in [5.74, 6) is -2.75. The van der Waals surface area contributed by atoms with Crippen molar-refractivity contribution < 1.29 is 37.2 Å². The summed E-state index contributed by atoms with van der Waals surface area (Å²) >= 11 is 0. The predicted octanol–water partition coefficient (Wildman–Crippen LogP) is 17.1. The number of halogens is 4. The van der Waals surface area contributed by atoms with Crippen LogP contribution in [0.3, 0.4) is 0 Å². The molecule has 376 valence electrons. The van der Waals surface area contributed by atoms with Crippen LogP contribution in [-0.4, -0.2) is 31.6 Å². The molecular weight excluding hydrogens is 949 g/mol. The Bertz CT molecular complexity index is 3350. The van der Waals surface area contributed by atoms with Gasteiger partial charge in [0, 0.05) is 85.8 Å². The predicted molar refractivity (Wildman–Crippen MR) is 291 cm³/mol. The number of phenols is 2. The highest BCUT2D eigenvalue weighted by Gasteiger charge is 2.28. The third kappa shape index (κ3) is 9.56. The van der Waals surface area contributed by atoms with E-state index in [0.717, 1.165) is 79.4 Å². The van der Waals surface area contributed by atoms with Crippen LogP contribution in [0.2, 0.25) is 0 Å². The first-order chi connectivity index (χ1) is 36.2. The van der Waals surface area contributed by atoms with Gasteiger partial charge in [0.05, 0.1) is 23.6 Å². The van der Waals surface area contributed by atoms with E-state index in [0.29, 0.717) is 0 Å². The quantitative estimate of drug-likeness (QED) is 0.107. The number of ether oxygens (including phenoxy) is 2. The van der Waals surface area contributed by atoms with Crippen molar-refractivity contribution in [3.05, 3.63) is 228 Å². The van der Waals surface area contributed by atoms with Crippen LogP contribution < -0.4 is 9.47 Å². The molecule has 10 aromatic rings. The average molecular weight is 1000 g/mol. The van der Waals surface area contributed by atoms with Gasteiger partial charge in [-0.2, -0.15) is 0 Å². The van der Waals surface area contributed by atoms with Crippen LogP contribution in [0.25, 0.3) is 78.1 Å². The highest BCUT2D eigenvalue weighted by atomic mass is 19.1. The van der Waals surface area contributed by atoms with Crippen molar-refractivity contribution >= 4 is 0 Å². The zero-order valence-electron chi connectivity index (χ0n) is 42.3.